The number of aryl methyl sites for hydroxylation is 1. The van der Waals surface area contributed by atoms with Crippen LogP contribution < -0.4 is 5.32 Å². The van der Waals surface area contributed by atoms with E-state index in [9.17, 15) is 9.59 Å². The van der Waals surface area contributed by atoms with E-state index in [1.807, 2.05) is 0 Å². The maximum atomic E-state index is 12.1. The third kappa shape index (κ3) is 4.90. The van der Waals surface area contributed by atoms with Crippen molar-refractivity contribution in [1.82, 2.24) is 5.32 Å². The van der Waals surface area contributed by atoms with E-state index < -0.39 is 11.9 Å². The van der Waals surface area contributed by atoms with Crippen LogP contribution in [0.15, 0.2) is 10.5 Å². The van der Waals surface area contributed by atoms with Gasteiger partial charge in [0, 0.05) is 19.6 Å². The topological polar surface area (TPSA) is 88.8 Å². The van der Waals surface area contributed by atoms with E-state index in [1.165, 1.54) is 6.07 Å². The Balaban J connectivity index is 2.79. The van der Waals surface area contributed by atoms with Gasteiger partial charge in [-0.15, -0.1) is 0 Å². The summed E-state index contributed by atoms with van der Waals surface area (Å²) >= 11 is 0. The van der Waals surface area contributed by atoms with Crippen molar-refractivity contribution in [3.63, 3.8) is 0 Å². The summed E-state index contributed by atoms with van der Waals surface area (Å²) in [6.45, 7) is 4.27. The standard InChI is InChI=1S/C15H23NO5/c1-4-6-7-10(9-20-3)16-14(17)13-8-11(15(18)19)12(5-2)21-13/h8,10H,4-7,9H2,1-3H3,(H,16,17)(H,18,19). The predicted molar refractivity (Wildman–Crippen MR) is 77.7 cm³/mol. The summed E-state index contributed by atoms with van der Waals surface area (Å²) in [7, 11) is 1.58. The average molecular weight is 297 g/mol. The van der Waals surface area contributed by atoms with Crippen LogP contribution in [0.25, 0.3) is 0 Å². The Labute approximate surface area is 124 Å². The molecular weight excluding hydrogens is 274 g/mol. The molecular formula is C15H23NO5. The number of methoxy groups -OCH3 is 1. The minimum Gasteiger partial charge on any atom is -0.478 e. The van der Waals surface area contributed by atoms with Crippen molar-refractivity contribution < 1.29 is 23.8 Å². The lowest BCUT2D eigenvalue weighted by atomic mass is 10.1. The number of carbonyl (C=O) groups excluding carboxylic acids is 1. The van der Waals surface area contributed by atoms with Crippen LogP contribution in [0.4, 0.5) is 0 Å². The highest BCUT2D eigenvalue weighted by Gasteiger charge is 2.21. The fourth-order valence-electron chi connectivity index (χ4n) is 2.09. The molecule has 1 rings (SSSR count). The van der Waals surface area contributed by atoms with Crippen molar-refractivity contribution in [3.8, 4) is 0 Å². The molecule has 6 nitrogen and oxygen atoms in total. The number of hydrogen-bond acceptors (Lipinski definition) is 4. The maximum Gasteiger partial charge on any atom is 0.339 e. The highest BCUT2D eigenvalue weighted by molar-refractivity contribution is 5.96. The number of furan rings is 1. The number of amides is 1. The SMILES string of the molecule is CCCCC(COC)NC(=O)c1cc(C(=O)O)c(CC)o1. The molecule has 0 aliphatic carbocycles. The van der Waals surface area contributed by atoms with Crippen LogP contribution in [-0.2, 0) is 11.2 Å². The number of carboxylic acids is 1. The van der Waals surface area contributed by atoms with Gasteiger partial charge in [-0.2, -0.15) is 0 Å². The molecule has 0 aliphatic rings. The Kier molecular flexibility index (Phi) is 6.94. The molecule has 0 bridgehead atoms. The molecule has 1 atom stereocenters. The van der Waals surface area contributed by atoms with E-state index in [0.717, 1.165) is 19.3 Å². The van der Waals surface area contributed by atoms with Gasteiger partial charge < -0.3 is 19.6 Å². The Morgan fingerprint density at radius 2 is 2.14 bits per heavy atom. The number of carbonyl (C=O) groups is 2. The number of hydrogen-bond donors (Lipinski definition) is 2. The highest BCUT2D eigenvalue weighted by atomic mass is 16.5. The van der Waals surface area contributed by atoms with E-state index in [0.29, 0.717) is 18.8 Å². The van der Waals surface area contributed by atoms with Gasteiger partial charge in [0.2, 0.25) is 0 Å². The van der Waals surface area contributed by atoms with Gasteiger partial charge in [-0.05, 0) is 6.42 Å². The summed E-state index contributed by atoms with van der Waals surface area (Å²) < 4.78 is 10.4. The summed E-state index contributed by atoms with van der Waals surface area (Å²) in [5, 5.41) is 11.9. The second kappa shape index (κ2) is 8.46. The number of rotatable bonds is 9. The van der Waals surface area contributed by atoms with Crippen LogP contribution in [0.5, 0.6) is 0 Å². The third-order valence-electron chi connectivity index (χ3n) is 3.19. The smallest absolute Gasteiger partial charge is 0.339 e. The molecule has 1 amide bonds. The largest absolute Gasteiger partial charge is 0.478 e. The molecule has 0 aromatic carbocycles. The molecule has 0 saturated carbocycles. The number of carboxylic acid groups (broad SMARTS) is 1. The lowest BCUT2D eigenvalue weighted by molar-refractivity contribution is 0.0694. The van der Waals surface area contributed by atoms with Crippen LogP contribution in [0.1, 0.15) is 59.8 Å². The zero-order valence-corrected chi connectivity index (χ0v) is 12.8. The number of unbranched alkanes of at least 4 members (excludes halogenated alkanes) is 1. The lowest BCUT2D eigenvalue weighted by Gasteiger charge is -2.16. The van der Waals surface area contributed by atoms with Crippen molar-refractivity contribution in [2.24, 2.45) is 0 Å². The van der Waals surface area contributed by atoms with Crippen molar-refractivity contribution in [2.45, 2.75) is 45.6 Å². The molecule has 1 aromatic rings. The van der Waals surface area contributed by atoms with E-state index in [2.05, 4.69) is 12.2 Å². The Hall–Kier alpha value is -1.82. The number of aromatic carboxylic acids is 1. The van der Waals surface area contributed by atoms with E-state index >= 15 is 0 Å². The van der Waals surface area contributed by atoms with Crippen LogP contribution in [0.3, 0.4) is 0 Å². The molecule has 118 valence electrons. The van der Waals surface area contributed by atoms with Crippen molar-refractivity contribution in [1.29, 1.82) is 0 Å². The van der Waals surface area contributed by atoms with Gasteiger partial charge >= 0.3 is 5.97 Å². The third-order valence-corrected chi connectivity index (χ3v) is 3.19. The van der Waals surface area contributed by atoms with Crippen molar-refractivity contribution in [3.05, 3.63) is 23.2 Å². The van der Waals surface area contributed by atoms with Gasteiger partial charge in [0.1, 0.15) is 11.3 Å². The highest BCUT2D eigenvalue weighted by Crippen LogP contribution is 2.17. The van der Waals surface area contributed by atoms with Gasteiger partial charge in [-0.3, -0.25) is 4.79 Å². The predicted octanol–water partition coefficient (Wildman–Crippen LogP) is 2.48. The fraction of sp³-hybridized carbons (Fsp3) is 0.600. The van der Waals surface area contributed by atoms with Crippen molar-refractivity contribution >= 4 is 11.9 Å². The monoisotopic (exact) mass is 297 g/mol. The number of nitrogens with one attached hydrogen (secondary N) is 1. The Bertz CT molecular complexity index is 480. The molecule has 0 spiro atoms. The van der Waals surface area contributed by atoms with Crippen LogP contribution in [-0.4, -0.2) is 36.7 Å². The Morgan fingerprint density at radius 1 is 1.43 bits per heavy atom. The molecule has 1 unspecified atom stereocenters. The molecule has 0 fully saturated rings. The summed E-state index contributed by atoms with van der Waals surface area (Å²) in [5.41, 5.74) is 0.0412. The minimum atomic E-state index is -1.09. The molecule has 1 aromatic heterocycles. The van der Waals surface area contributed by atoms with Crippen LogP contribution >= 0.6 is 0 Å². The summed E-state index contributed by atoms with van der Waals surface area (Å²) in [6.07, 6.45) is 3.24. The second-order valence-electron chi connectivity index (χ2n) is 4.87. The average Bonchev–Trinajstić information content (AvgIpc) is 2.89. The quantitative estimate of drug-likeness (QED) is 0.731. The molecule has 0 aliphatic heterocycles. The fourth-order valence-corrected chi connectivity index (χ4v) is 2.09. The molecule has 6 heteroatoms. The molecule has 21 heavy (non-hydrogen) atoms. The molecule has 0 radical (unpaired) electrons. The van der Waals surface area contributed by atoms with Crippen LogP contribution in [0.2, 0.25) is 0 Å². The summed E-state index contributed by atoms with van der Waals surface area (Å²) in [4.78, 5) is 23.2. The van der Waals surface area contributed by atoms with Gasteiger partial charge in [-0.25, -0.2) is 4.79 Å². The molecule has 2 N–H and O–H groups in total. The first-order chi connectivity index (χ1) is 10.0. The Morgan fingerprint density at radius 3 is 2.62 bits per heavy atom. The van der Waals surface area contributed by atoms with E-state index in [4.69, 9.17) is 14.3 Å². The minimum absolute atomic E-state index is 0.0295. The van der Waals surface area contributed by atoms with Gasteiger partial charge in [0.15, 0.2) is 5.76 Å². The van der Waals surface area contributed by atoms with Crippen molar-refractivity contribution in [2.75, 3.05) is 13.7 Å². The van der Waals surface area contributed by atoms with E-state index in [-0.39, 0.29) is 17.4 Å². The van der Waals surface area contributed by atoms with Crippen LogP contribution in [0, 0.1) is 0 Å². The number of ether oxygens (including phenoxy) is 1. The zero-order valence-electron chi connectivity index (χ0n) is 12.8. The van der Waals surface area contributed by atoms with Gasteiger partial charge in [0.25, 0.3) is 5.91 Å². The maximum absolute atomic E-state index is 12.1. The lowest BCUT2D eigenvalue weighted by Crippen LogP contribution is -2.37. The summed E-state index contributed by atoms with van der Waals surface area (Å²) in [5.74, 6) is -1.16. The first-order valence-electron chi connectivity index (χ1n) is 7.19. The first kappa shape index (κ1) is 17.2. The zero-order chi connectivity index (χ0) is 15.8. The van der Waals surface area contributed by atoms with Gasteiger partial charge in [0.05, 0.1) is 12.6 Å². The molecule has 1 heterocycles. The summed E-state index contributed by atoms with van der Waals surface area (Å²) in [6, 6.07) is 1.17. The molecule has 0 saturated heterocycles. The van der Waals surface area contributed by atoms with E-state index in [1.54, 1.807) is 14.0 Å². The van der Waals surface area contributed by atoms with Gasteiger partial charge in [-0.1, -0.05) is 26.7 Å². The first-order valence-corrected chi connectivity index (χ1v) is 7.19. The second-order valence-corrected chi connectivity index (χ2v) is 4.87. The normalized spacial score (nSPS) is 12.1.